The largest absolute Gasteiger partial charge is 0.344 e. The van der Waals surface area contributed by atoms with Gasteiger partial charge in [-0.1, -0.05) is 103 Å². The summed E-state index contributed by atoms with van der Waals surface area (Å²) in [5.41, 5.74) is 12.8. The Kier molecular flexibility index (Phi) is 5.89. The van der Waals surface area contributed by atoms with Crippen LogP contribution >= 0.6 is 0 Å². The molecule has 0 aromatic heterocycles. The molecule has 0 aliphatic heterocycles. The van der Waals surface area contributed by atoms with Gasteiger partial charge in [0.05, 0.1) is 0 Å². The second-order valence-electron chi connectivity index (χ2n) is 12.2. The Balaban J connectivity index is 1.11. The van der Waals surface area contributed by atoms with E-state index in [9.17, 15) is 0 Å². The van der Waals surface area contributed by atoms with E-state index in [1.807, 2.05) is 0 Å². The Morgan fingerprint density at radius 3 is 2.07 bits per heavy atom. The highest BCUT2D eigenvalue weighted by Crippen LogP contribution is 2.52. The smallest absolute Gasteiger partial charge is 0.0485 e. The second-order valence-corrected chi connectivity index (χ2v) is 12.2. The summed E-state index contributed by atoms with van der Waals surface area (Å²) in [6.07, 6.45) is 5.76. The first-order valence-electron chi connectivity index (χ1n) is 15.8. The molecule has 0 radical (unpaired) electrons. The Bertz CT molecular complexity index is 2260. The topological polar surface area (TPSA) is 6.48 Å². The minimum absolute atomic E-state index is 0.385. The van der Waals surface area contributed by atoms with Gasteiger partial charge in [0.1, 0.15) is 0 Å². The minimum atomic E-state index is 0.385. The van der Waals surface area contributed by atoms with Crippen LogP contribution in [0.4, 0.5) is 28.4 Å². The summed E-state index contributed by atoms with van der Waals surface area (Å²) in [6, 6.07) is 53.1. The van der Waals surface area contributed by atoms with Crippen molar-refractivity contribution in [2.75, 3.05) is 16.8 Å². The molecular weight excluding hydrogens is 544 g/mol. The van der Waals surface area contributed by atoms with Crippen molar-refractivity contribution >= 4 is 56.1 Å². The van der Waals surface area contributed by atoms with Crippen LogP contribution in [-0.2, 0) is 0 Å². The van der Waals surface area contributed by atoms with Crippen molar-refractivity contribution in [2.45, 2.75) is 12.3 Å². The van der Waals surface area contributed by atoms with Crippen LogP contribution in [0.5, 0.6) is 0 Å². The monoisotopic (exact) mass is 576 g/mol. The summed E-state index contributed by atoms with van der Waals surface area (Å²) in [5, 5.41) is 5.24. The number of hydrogen-bond acceptors (Lipinski definition) is 2. The Morgan fingerprint density at radius 1 is 0.533 bits per heavy atom. The summed E-state index contributed by atoms with van der Waals surface area (Å²) < 4.78 is 0. The van der Waals surface area contributed by atoms with E-state index in [0.717, 1.165) is 29.2 Å². The maximum atomic E-state index is 2.37. The molecule has 0 fully saturated rings. The number of hydrogen-bond donors (Lipinski definition) is 0. The van der Waals surface area contributed by atoms with Crippen molar-refractivity contribution in [3.63, 3.8) is 0 Å². The van der Waals surface area contributed by atoms with Gasteiger partial charge < -0.3 is 9.80 Å². The van der Waals surface area contributed by atoms with Crippen molar-refractivity contribution in [1.29, 1.82) is 0 Å². The number of para-hydroxylation sites is 1. The van der Waals surface area contributed by atoms with E-state index < -0.39 is 0 Å². The van der Waals surface area contributed by atoms with Gasteiger partial charge in [-0.05, 0) is 105 Å². The third-order valence-corrected chi connectivity index (χ3v) is 9.73. The maximum absolute atomic E-state index is 2.37. The van der Waals surface area contributed by atoms with Crippen LogP contribution in [0.25, 0.3) is 38.7 Å². The number of nitrogens with zero attached hydrogens (tertiary/aromatic N) is 2. The Morgan fingerprint density at radius 2 is 1.22 bits per heavy atom. The Labute approximate surface area is 264 Å². The molecule has 45 heavy (non-hydrogen) atoms. The van der Waals surface area contributed by atoms with Crippen LogP contribution in [-0.4, -0.2) is 7.05 Å². The minimum Gasteiger partial charge on any atom is -0.344 e. The molecule has 0 saturated carbocycles. The molecule has 0 amide bonds. The first-order chi connectivity index (χ1) is 22.2. The zero-order valence-corrected chi connectivity index (χ0v) is 25.2. The highest BCUT2D eigenvalue weighted by Gasteiger charge is 2.31. The van der Waals surface area contributed by atoms with Gasteiger partial charge in [0.25, 0.3) is 0 Å². The summed E-state index contributed by atoms with van der Waals surface area (Å²) in [4.78, 5) is 4.68. The average Bonchev–Trinajstić information content (AvgIpc) is 3.11. The molecule has 2 heteroatoms. The van der Waals surface area contributed by atoms with Gasteiger partial charge in [0, 0.05) is 47.0 Å². The molecular formula is C43H32N2. The van der Waals surface area contributed by atoms with Crippen LogP contribution in [0.3, 0.4) is 0 Å². The Hall–Kier alpha value is -5.60. The zero-order chi connectivity index (χ0) is 29.9. The lowest BCUT2D eigenvalue weighted by Crippen LogP contribution is -2.17. The van der Waals surface area contributed by atoms with Gasteiger partial charge in [0.15, 0.2) is 0 Å². The second kappa shape index (κ2) is 10.2. The number of allylic oxidation sites excluding steroid dienone is 1. The third kappa shape index (κ3) is 4.10. The van der Waals surface area contributed by atoms with Gasteiger partial charge in [0.2, 0.25) is 0 Å². The highest BCUT2D eigenvalue weighted by atomic mass is 15.1. The summed E-state index contributed by atoms with van der Waals surface area (Å²) >= 11 is 0. The van der Waals surface area contributed by atoms with Crippen molar-refractivity contribution in [1.82, 2.24) is 0 Å². The molecule has 0 saturated heterocycles. The van der Waals surface area contributed by atoms with Crippen molar-refractivity contribution in [2.24, 2.45) is 0 Å². The highest BCUT2D eigenvalue weighted by molar-refractivity contribution is 6.04. The SMILES string of the molecule is CN(c1ccc(N(c2ccccc2)c2ccc3ccccc3c2)cc1)c1ccc2c3c1C=CCC3c1cccc3cccc-2c13. The molecule has 2 aliphatic carbocycles. The molecule has 1 unspecified atom stereocenters. The van der Waals surface area contributed by atoms with Crippen LogP contribution in [0.2, 0.25) is 0 Å². The molecule has 0 heterocycles. The number of rotatable bonds is 5. The zero-order valence-electron chi connectivity index (χ0n) is 25.2. The molecule has 0 spiro atoms. The van der Waals surface area contributed by atoms with Gasteiger partial charge >= 0.3 is 0 Å². The van der Waals surface area contributed by atoms with Crippen molar-refractivity contribution in [3.05, 3.63) is 168 Å². The van der Waals surface area contributed by atoms with E-state index in [1.165, 1.54) is 55.0 Å². The number of benzene rings is 7. The van der Waals surface area contributed by atoms with E-state index in [1.54, 1.807) is 0 Å². The van der Waals surface area contributed by atoms with Crippen LogP contribution in [0.1, 0.15) is 29.0 Å². The first kappa shape index (κ1) is 25.9. The predicted octanol–water partition coefficient (Wildman–Crippen LogP) is 11.8. The van der Waals surface area contributed by atoms with Crippen LogP contribution in [0.15, 0.2) is 152 Å². The summed E-state index contributed by atoms with van der Waals surface area (Å²) in [5.74, 6) is 0.385. The predicted molar refractivity (Wildman–Crippen MR) is 192 cm³/mol. The normalized spacial score (nSPS) is 14.4. The quantitative estimate of drug-likeness (QED) is 0.201. The molecule has 7 aromatic rings. The summed E-state index contributed by atoms with van der Waals surface area (Å²) in [7, 11) is 2.19. The lowest BCUT2D eigenvalue weighted by Gasteiger charge is -2.34. The fourth-order valence-corrected chi connectivity index (χ4v) is 7.61. The van der Waals surface area contributed by atoms with Gasteiger partial charge in [-0.15, -0.1) is 0 Å². The van der Waals surface area contributed by atoms with Gasteiger partial charge in [-0.3, -0.25) is 0 Å². The fraction of sp³-hybridized carbons (Fsp3) is 0.0698. The molecule has 1 atom stereocenters. The van der Waals surface area contributed by atoms with E-state index in [4.69, 9.17) is 0 Å². The van der Waals surface area contributed by atoms with E-state index >= 15 is 0 Å². The maximum Gasteiger partial charge on any atom is 0.0485 e. The van der Waals surface area contributed by atoms with Crippen molar-refractivity contribution in [3.8, 4) is 11.1 Å². The summed E-state index contributed by atoms with van der Waals surface area (Å²) in [6.45, 7) is 0. The molecule has 9 rings (SSSR count). The van der Waals surface area contributed by atoms with Crippen LogP contribution in [0, 0.1) is 0 Å². The van der Waals surface area contributed by atoms with Gasteiger partial charge in [-0.2, -0.15) is 0 Å². The fourth-order valence-electron chi connectivity index (χ4n) is 7.61. The van der Waals surface area contributed by atoms with Crippen molar-refractivity contribution < 1.29 is 0 Å². The molecule has 0 bridgehead atoms. The van der Waals surface area contributed by atoms with E-state index in [-0.39, 0.29) is 0 Å². The molecule has 2 aliphatic rings. The molecule has 0 N–H and O–H groups in total. The first-order valence-corrected chi connectivity index (χ1v) is 15.8. The third-order valence-electron chi connectivity index (χ3n) is 9.73. The van der Waals surface area contributed by atoms with Crippen LogP contribution < -0.4 is 9.80 Å². The van der Waals surface area contributed by atoms with Gasteiger partial charge in [-0.25, -0.2) is 0 Å². The standard InChI is InChI=1S/C43H32N2/c1-44(41-27-26-39-37-17-8-13-30-12-7-16-36(42(30)37)38-18-9-19-40(41)43(38)39)32-22-24-34(25-23-32)45(33-14-3-2-4-15-33)35-21-20-29-10-5-6-11-31(29)28-35/h2-17,19-28,38H,18H2,1H3. The van der Waals surface area contributed by atoms with E-state index in [0.29, 0.717) is 5.92 Å². The molecule has 2 nitrogen and oxygen atoms in total. The molecule has 7 aromatic carbocycles. The lowest BCUT2D eigenvalue weighted by molar-refractivity contribution is 0.823. The van der Waals surface area contributed by atoms with E-state index in [2.05, 4.69) is 175 Å². The lowest BCUT2D eigenvalue weighted by atomic mass is 9.71. The average molecular weight is 577 g/mol. The number of anilines is 5. The number of fused-ring (bicyclic) bond motifs is 3. The molecule has 214 valence electrons.